The highest BCUT2D eigenvalue weighted by Gasteiger charge is 2.31. The fraction of sp³-hybridized carbons (Fsp3) is 0.500. The molecule has 3 aliphatic rings. The molecule has 2 heterocycles. The Bertz CT molecular complexity index is 1210. The third-order valence-corrected chi connectivity index (χ3v) is 7.93. The first-order valence-electron chi connectivity index (χ1n) is 13.7. The number of carboxylic acids is 1. The predicted molar refractivity (Wildman–Crippen MR) is 143 cm³/mol. The van der Waals surface area contributed by atoms with Crippen LogP contribution in [0.5, 0.6) is 17.2 Å². The molecule has 2 fully saturated rings. The van der Waals surface area contributed by atoms with Crippen LogP contribution in [0.2, 0.25) is 0 Å². The van der Waals surface area contributed by atoms with Gasteiger partial charge in [-0.05, 0) is 60.1 Å². The minimum absolute atomic E-state index is 0.154. The van der Waals surface area contributed by atoms with Crippen LogP contribution in [0.25, 0.3) is 0 Å². The van der Waals surface area contributed by atoms with Crippen molar-refractivity contribution >= 4 is 17.8 Å². The second-order valence-electron chi connectivity index (χ2n) is 10.7. The molecule has 0 radical (unpaired) electrons. The molecule has 1 N–H and O–H groups in total. The number of likely N-dealkylation sites (tertiary alicyclic amines) is 1. The van der Waals surface area contributed by atoms with Crippen LogP contribution in [0.1, 0.15) is 48.8 Å². The fourth-order valence-electron chi connectivity index (χ4n) is 5.92. The number of aliphatic carboxylic acids is 1. The Morgan fingerprint density at radius 1 is 1.03 bits per heavy atom. The summed E-state index contributed by atoms with van der Waals surface area (Å²) >= 11 is 0. The van der Waals surface area contributed by atoms with Gasteiger partial charge in [0.15, 0.2) is 11.5 Å². The Morgan fingerprint density at radius 3 is 2.49 bits per heavy atom. The van der Waals surface area contributed by atoms with Gasteiger partial charge in [-0.2, -0.15) is 0 Å². The summed E-state index contributed by atoms with van der Waals surface area (Å²) in [5.41, 5.74) is 3.51. The first-order valence-corrected chi connectivity index (χ1v) is 13.7. The number of carboxylic acid groups (broad SMARTS) is 1. The summed E-state index contributed by atoms with van der Waals surface area (Å²) in [6, 6.07) is 12.2. The summed E-state index contributed by atoms with van der Waals surface area (Å²) in [4.78, 5) is 38.8. The van der Waals surface area contributed by atoms with E-state index < -0.39 is 5.97 Å². The zero-order chi connectivity index (χ0) is 27.4. The van der Waals surface area contributed by atoms with Crippen LogP contribution in [0.3, 0.4) is 0 Å². The van der Waals surface area contributed by atoms with E-state index in [1.54, 1.807) is 7.11 Å². The maximum atomic E-state index is 11.8. The monoisotopic (exact) mass is 536 g/mol. The SMILES string of the molecule is COc1cc(CN(Cc2ccc3c(c2)CCO3)C[C@@H]2CC[C@H](C(=O)O)C2)ccc1OCCN1C(=O)CCC1=O. The number of ether oxygens (including phenoxy) is 3. The first-order chi connectivity index (χ1) is 18.9. The zero-order valence-electron chi connectivity index (χ0n) is 22.4. The number of fused-ring (bicyclic) bond motifs is 1. The van der Waals surface area contributed by atoms with E-state index in [2.05, 4.69) is 17.0 Å². The number of hydrogen-bond donors (Lipinski definition) is 1. The molecule has 9 heteroatoms. The van der Waals surface area contributed by atoms with Gasteiger partial charge >= 0.3 is 5.97 Å². The molecule has 208 valence electrons. The van der Waals surface area contributed by atoms with Crippen LogP contribution in [-0.2, 0) is 33.9 Å². The summed E-state index contributed by atoms with van der Waals surface area (Å²) in [5.74, 6) is 1.20. The van der Waals surface area contributed by atoms with Gasteiger partial charge in [-0.3, -0.25) is 24.2 Å². The second kappa shape index (κ2) is 12.1. The molecule has 0 aromatic heterocycles. The van der Waals surface area contributed by atoms with Crippen LogP contribution in [0.4, 0.5) is 0 Å². The summed E-state index contributed by atoms with van der Waals surface area (Å²) < 4.78 is 17.1. The number of amides is 2. The average molecular weight is 537 g/mol. The number of methoxy groups -OCH3 is 1. The number of imide groups is 1. The smallest absolute Gasteiger partial charge is 0.306 e. The standard InChI is InChI=1S/C30H36N2O7/c1-37-27-16-22(4-7-26(27)39-13-11-32-28(33)8-9-29(32)34)19-31(17-20-2-5-24(15-20)30(35)36)18-21-3-6-25-23(14-21)10-12-38-25/h3-4,6-7,14,16,20,24H,2,5,8-13,15,17-19H2,1H3,(H,35,36)/t20-,24+/m1/s1. The fourth-order valence-corrected chi connectivity index (χ4v) is 5.92. The summed E-state index contributed by atoms with van der Waals surface area (Å²) in [5, 5.41) is 9.47. The Balaban J connectivity index is 1.26. The van der Waals surface area contributed by atoms with Gasteiger partial charge in [0.05, 0.1) is 26.2 Å². The third-order valence-electron chi connectivity index (χ3n) is 7.93. The minimum Gasteiger partial charge on any atom is -0.493 e. The normalized spacial score (nSPS) is 20.4. The molecule has 1 aliphatic carbocycles. The lowest BCUT2D eigenvalue weighted by molar-refractivity contribution is -0.142. The Labute approximate surface area is 228 Å². The molecule has 1 saturated carbocycles. The lowest BCUT2D eigenvalue weighted by atomic mass is 10.0. The average Bonchev–Trinajstić information content (AvgIpc) is 3.66. The van der Waals surface area contributed by atoms with Crippen molar-refractivity contribution in [2.45, 2.75) is 51.6 Å². The van der Waals surface area contributed by atoms with Gasteiger partial charge < -0.3 is 19.3 Å². The van der Waals surface area contributed by atoms with Crippen LogP contribution < -0.4 is 14.2 Å². The molecule has 0 spiro atoms. The number of rotatable bonds is 12. The molecule has 2 aromatic carbocycles. The van der Waals surface area contributed by atoms with Crippen molar-refractivity contribution in [3.8, 4) is 17.2 Å². The van der Waals surface area contributed by atoms with Crippen molar-refractivity contribution in [1.82, 2.24) is 9.80 Å². The Morgan fingerprint density at radius 2 is 1.77 bits per heavy atom. The third kappa shape index (κ3) is 6.53. The largest absolute Gasteiger partial charge is 0.493 e. The minimum atomic E-state index is -0.693. The maximum absolute atomic E-state index is 11.8. The van der Waals surface area contributed by atoms with Gasteiger partial charge in [-0.15, -0.1) is 0 Å². The zero-order valence-corrected chi connectivity index (χ0v) is 22.4. The molecule has 1 saturated heterocycles. The van der Waals surface area contributed by atoms with Crippen molar-refractivity contribution < 1.29 is 33.7 Å². The quantitative estimate of drug-likeness (QED) is 0.410. The van der Waals surface area contributed by atoms with E-state index in [1.165, 1.54) is 16.0 Å². The van der Waals surface area contributed by atoms with Crippen LogP contribution >= 0.6 is 0 Å². The highest BCUT2D eigenvalue weighted by Crippen LogP contribution is 2.34. The molecule has 0 bridgehead atoms. The highest BCUT2D eigenvalue weighted by atomic mass is 16.5. The molecule has 39 heavy (non-hydrogen) atoms. The molecule has 9 nitrogen and oxygen atoms in total. The Hall–Kier alpha value is -3.59. The van der Waals surface area contributed by atoms with E-state index in [4.69, 9.17) is 14.2 Å². The van der Waals surface area contributed by atoms with Gasteiger partial charge in [-0.1, -0.05) is 18.2 Å². The summed E-state index contributed by atoms with van der Waals surface area (Å²) in [6.07, 6.45) is 3.82. The lowest BCUT2D eigenvalue weighted by Gasteiger charge is -2.26. The van der Waals surface area contributed by atoms with E-state index >= 15 is 0 Å². The van der Waals surface area contributed by atoms with E-state index in [9.17, 15) is 19.5 Å². The van der Waals surface area contributed by atoms with E-state index in [1.807, 2.05) is 24.3 Å². The van der Waals surface area contributed by atoms with Crippen LogP contribution in [0, 0.1) is 11.8 Å². The molecule has 2 atom stereocenters. The van der Waals surface area contributed by atoms with Gasteiger partial charge in [0.2, 0.25) is 11.8 Å². The second-order valence-corrected chi connectivity index (χ2v) is 10.7. The van der Waals surface area contributed by atoms with Crippen molar-refractivity contribution in [3.63, 3.8) is 0 Å². The van der Waals surface area contributed by atoms with Gasteiger partial charge in [0, 0.05) is 38.9 Å². The summed E-state index contributed by atoms with van der Waals surface area (Å²) in [6.45, 7) is 3.39. The van der Waals surface area contributed by atoms with Gasteiger partial charge in [0.25, 0.3) is 0 Å². The Kier molecular flexibility index (Phi) is 8.35. The number of benzene rings is 2. The van der Waals surface area contributed by atoms with E-state index in [0.29, 0.717) is 30.4 Å². The molecule has 5 rings (SSSR count). The highest BCUT2D eigenvalue weighted by molar-refractivity contribution is 6.01. The van der Waals surface area contributed by atoms with Gasteiger partial charge in [-0.25, -0.2) is 0 Å². The van der Waals surface area contributed by atoms with E-state index in [0.717, 1.165) is 50.3 Å². The van der Waals surface area contributed by atoms with Crippen molar-refractivity contribution in [2.24, 2.45) is 11.8 Å². The lowest BCUT2D eigenvalue weighted by Crippen LogP contribution is -2.33. The van der Waals surface area contributed by atoms with Crippen molar-refractivity contribution in [2.75, 3.05) is 33.4 Å². The molecule has 2 aliphatic heterocycles. The predicted octanol–water partition coefficient (Wildman–Crippen LogP) is 3.66. The summed E-state index contributed by atoms with van der Waals surface area (Å²) in [7, 11) is 1.59. The number of carbonyl (C=O) groups is 3. The molecular formula is C30H36N2O7. The number of hydrogen-bond acceptors (Lipinski definition) is 7. The van der Waals surface area contributed by atoms with Crippen molar-refractivity contribution in [3.05, 3.63) is 53.1 Å². The first kappa shape index (κ1) is 27.0. The van der Waals surface area contributed by atoms with Crippen LogP contribution in [-0.4, -0.2) is 66.1 Å². The number of carbonyl (C=O) groups excluding carboxylic acids is 2. The van der Waals surface area contributed by atoms with E-state index in [-0.39, 0.29) is 43.7 Å². The molecule has 2 amide bonds. The number of nitrogens with zero attached hydrogens (tertiary/aromatic N) is 2. The molecule has 2 aromatic rings. The topological polar surface area (TPSA) is 106 Å². The van der Waals surface area contributed by atoms with Gasteiger partial charge in [0.1, 0.15) is 12.4 Å². The maximum Gasteiger partial charge on any atom is 0.306 e. The van der Waals surface area contributed by atoms with Crippen LogP contribution in [0.15, 0.2) is 36.4 Å². The molecule has 0 unspecified atom stereocenters. The molecular weight excluding hydrogens is 500 g/mol. The van der Waals surface area contributed by atoms with Crippen molar-refractivity contribution in [1.29, 1.82) is 0 Å².